The predicted molar refractivity (Wildman–Crippen MR) is 97.2 cm³/mol. The molecule has 0 aromatic heterocycles. The Bertz CT molecular complexity index is 765. The lowest BCUT2D eigenvalue weighted by Gasteiger charge is -2.13. The van der Waals surface area contributed by atoms with Crippen molar-refractivity contribution in [2.24, 2.45) is 0 Å². The van der Waals surface area contributed by atoms with Crippen LogP contribution in [0.1, 0.15) is 15.9 Å². The van der Waals surface area contributed by atoms with Crippen LogP contribution in [-0.4, -0.2) is 23.2 Å². The van der Waals surface area contributed by atoms with Crippen LogP contribution in [0.5, 0.6) is 11.5 Å². The number of carbonyl (C=O) groups is 1. The maximum atomic E-state index is 12.3. The first-order valence-corrected chi connectivity index (χ1v) is 7.86. The molecule has 0 saturated carbocycles. The van der Waals surface area contributed by atoms with Crippen molar-refractivity contribution in [3.63, 3.8) is 0 Å². The molecule has 0 atom stereocenters. The Balaban J connectivity index is 2.12. The molecule has 1 amide bonds. The van der Waals surface area contributed by atoms with Crippen molar-refractivity contribution in [3.8, 4) is 11.5 Å². The largest absolute Gasteiger partial charge is 0.506 e. The Morgan fingerprint density at radius 3 is 2.70 bits per heavy atom. The summed E-state index contributed by atoms with van der Waals surface area (Å²) in [6, 6.07) is 10.2. The normalized spacial score (nSPS) is 10.0. The molecule has 0 unspecified atom stereocenters. The molecule has 0 aliphatic carbocycles. The smallest absolute Gasteiger partial charge is 0.261 e. The highest BCUT2D eigenvalue weighted by atomic mass is 79.9. The first-order chi connectivity index (χ1) is 10.9. The summed E-state index contributed by atoms with van der Waals surface area (Å²) < 4.78 is 5.92. The van der Waals surface area contributed by atoms with Crippen LogP contribution in [0.3, 0.4) is 0 Å². The number of aromatic hydroxyl groups is 1. The minimum atomic E-state index is -0.409. The third-order valence-corrected chi connectivity index (χ3v) is 3.73. The van der Waals surface area contributed by atoms with Gasteiger partial charge in [0.05, 0.1) is 18.4 Å². The van der Waals surface area contributed by atoms with Gasteiger partial charge in [-0.05, 0) is 55.0 Å². The molecule has 0 saturated heterocycles. The number of hydrogen-bond donors (Lipinski definition) is 3. The molecule has 0 aliphatic rings. The Hall–Kier alpha value is -2.12. The zero-order valence-corrected chi connectivity index (χ0v) is 14.9. The number of rotatable bonds is 3. The van der Waals surface area contributed by atoms with E-state index >= 15 is 0 Å². The minimum absolute atomic E-state index is 0.0484. The number of hydrogen-bond acceptors (Lipinski definition) is 4. The predicted octanol–water partition coefficient (Wildman–Crippen LogP) is 3.60. The fraction of sp³-hybridized carbons (Fsp3) is 0.125. The maximum Gasteiger partial charge on any atom is 0.261 e. The van der Waals surface area contributed by atoms with Crippen LogP contribution >= 0.6 is 28.1 Å². The van der Waals surface area contributed by atoms with Crippen molar-refractivity contribution in [2.75, 3.05) is 12.4 Å². The summed E-state index contributed by atoms with van der Waals surface area (Å²) >= 11 is 8.44. The fourth-order valence-electron chi connectivity index (χ4n) is 1.93. The lowest BCUT2D eigenvalue weighted by molar-refractivity contribution is 0.0974. The first-order valence-electron chi connectivity index (χ1n) is 6.66. The van der Waals surface area contributed by atoms with E-state index in [1.54, 1.807) is 36.4 Å². The summed E-state index contributed by atoms with van der Waals surface area (Å²) in [6.45, 7) is 1.89. The lowest BCUT2D eigenvalue weighted by atomic mass is 10.2. The number of ether oxygens (including phenoxy) is 1. The van der Waals surface area contributed by atoms with Gasteiger partial charge in [0.25, 0.3) is 5.91 Å². The molecular formula is C16H15BrN2O3S. The second kappa shape index (κ2) is 7.43. The summed E-state index contributed by atoms with van der Waals surface area (Å²) in [5.74, 6) is 0.0759. The van der Waals surface area contributed by atoms with Crippen LogP contribution in [0.25, 0.3) is 0 Å². The number of anilines is 1. The average molecular weight is 395 g/mol. The van der Waals surface area contributed by atoms with Crippen LogP contribution in [-0.2, 0) is 0 Å². The standard InChI is InChI=1S/C16H15BrN2O3S/c1-9-3-5-13(20)12(7-9)18-16(23)19-15(21)11-8-10(17)4-6-14(11)22-2/h3-8,20H,1-2H3,(H2,18,19,21,23). The van der Waals surface area contributed by atoms with Gasteiger partial charge < -0.3 is 15.2 Å². The molecule has 0 fully saturated rings. The van der Waals surface area contributed by atoms with Crippen molar-refractivity contribution in [2.45, 2.75) is 6.92 Å². The van der Waals surface area contributed by atoms with E-state index < -0.39 is 5.91 Å². The van der Waals surface area contributed by atoms with Gasteiger partial charge >= 0.3 is 0 Å². The second-order valence-corrected chi connectivity index (χ2v) is 6.10. The van der Waals surface area contributed by atoms with E-state index in [-0.39, 0.29) is 10.9 Å². The first kappa shape index (κ1) is 17.2. The summed E-state index contributed by atoms with van der Waals surface area (Å²) in [4.78, 5) is 12.3. The zero-order chi connectivity index (χ0) is 17.0. The van der Waals surface area contributed by atoms with Gasteiger partial charge in [-0.1, -0.05) is 22.0 Å². The van der Waals surface area contributed by atoms with Gasteiger partial charge in [0.2, 0.25) is 0 Å². The van der Waals surface area contributed by atoms with Gasteiger partial charge in [0, 0.05) is 4.47 Å². The van der Waals surface area contributed by atoms with Crippen molar-refractivity contribution in [1.82, 2.24) is 5.32 Å². The highest BCUT2D eigenvalue weighted by molar-refractivity contribution is 9.10. The van der Waals surface area contributed by atoms with Gasteiger partial charge in [-0.3, -0.25) is 10.1 Å². The van der Waals surface area contributed by atoms with Crippen LogP contribution < -0.4 is 15.4 Å². The van der Waals surface area contributed by atoms with Crippen molar-refractivity contribution >= 4 is 44.9 Å². The monoisotopic (exact) mass is 394 g/mol. The third kappa shape index (κ3) is 4.43. The average Bonchev–Trinajstić information content (AvgIpc) is 2.50. The number of phenolic OH excluding ortho intramolecular Hbond substituents is 1. The number of carbonyl (C=O) groups excluding carboxylic acids is 1. The molecule has 2 rings (SSSR count). The van der Waals surface area contributed by atoms with Gasteiger partial charge in [0.1, 0.15) is 11.5 Å². The van der Waals surface area contributed by atoms with E-state index in [2.05, 4.69) is 26.6 Å². The Morgan fingerprint density at radius 1 is 1.26 bits per heavy atom. The van der Waals surface area contributed by atoms with E-state index in [1.807, 2.05) is 6.92 Å². The zero-order valence-electron chi connectivity index (χ0n) is 12.5. The number of halogens is 1. The van der Waals surface area contributed by atoms with Crippen LogP contribution in [0.4, 0.5) is 5.69 Å². The van der Waals surface area contributed by atoms with E-state index in [1.165, 1.54) is 7.11 Å². The molecule has 3 N–H and O–H groups in total. The van der Waals surface area contributed by atoms with Gasteiger partial charge in [-0.2, -0.15) is 0 Å². The van der Waals surface area contributed by atoms with E-state index in [9.17, 15) is 9.90 Å². The molecule has 2 aromatic rings. The van der Waals surface area contributed by atoms with Gasteiger partial charge in [-0.15, -0.1) is 0 Å². The van der Waals surface area contributed by atoms with Crippen molar-refractivity contribution in [3.05, 3.63) is 52.0 Å². The number of phenols is 1. The SMILES string of the molecule is COc1ccc(Br)cc1C(=O)NC(=S)Nc1cc(C)ccc1O. The molecule has 120 valence electrons. The van der Waals surface area contributed by atoms with E-state index in [4.69, 9.17) is 17.0 Å². The topological polar surface area (TPSA) is 70.6 Å². The Labute approximate surface area is 147 Å². The quantitative estimate of drug-likeness (QED) is 0.547. The number of thiocarbonyl (C=S) groups is 1. The van der Waals surface area contributed by atoms with Crippen LogP contribution in [0.2, 0.25) is 0 Å². The maximum absolute atomic E-state index is 12.3. The summed E-state index contributed by atoms with van der Waals surface area (Å²) in [6.07, 6.45) is 0. The number of benzene rings is 2. The molecule has 5 nitrogen and oxygen atoms in total. The molecule has 0 radical (unpaired) electrons. The number of amides is 1. The second-order valence-electron chi connectivity index (χ2n) is 4.77. The summed E-state index contributed by atoms with van der Waals surface area (Å²) in [5.41, 5.74) is 1.73. The third-order valence-electron chi connectivity index (χ3n) is 3.03. The Morgan fingerprint density at radius 2 is 2.00 bits per heavy atom. The minimum Gasteiger partial charge on any atom is -0.506 e. The van der Waals surface area contributed by atoms with Crippen molar-refractivity contribution in [1.29, 1.82) is 0 Å². The van der Waals surface area contributed by atoms with E-state index in [0.29, 0.717) is 17.0 Å². The van der Waals surface area contributed by atoms with Crippen LogP contribution in [0.15, 0.2) is 40.9 Å². The molecule has 0 aliphatic heterocycles. The van der Waals surface area contributed by atoms with Crippen molar-refractivity contribution < 1.29 is 14.6 Å². The Kier molecular flexibility index (Phi) is 5.57. The summed E-state index contributed by atoms with van der Waals surface area (Å²) in [5, 5.41) is 15.2. The van der Waals surface area contributed by atoms with E-state index in [0.717, 1.165) is 10.0 Å². The molecule has 0 spiro atoms. The number of nitrogens with one attached hydrogen (secondary N) is 2. The summed E-state index contributed by atoms with van der Waals surface area (Å²) in [7, 11) is 1.49. The molecule has 0 bridgehead atoms. The fourth-order valence-corrected chi connectivity index (χ4v) is 2.50. The lowest BCUT2D eigenvalue weighted by Crippen LogP contribution is -2.34. The molecule has 7 heteroatoms. The molecular weight excluding hydrogens is 380 g/mol. The molecule has 0 heterocycles. The molecule has 2 aromatic carbocycles. The van der Waals surface area contributed by atoms with Crippen LogP contribution in [0, 0.1) is 6.92 Å². The molecule has 23 heavy (non-hydrogen) atoms. The highest BCUT2D eigenvalue weighted by Crippen LogP contribution is 2.24. The van der Waals surface area contributed by atoms with Gasteiger partial charge in [0.15, 0.2) is 5.11 Å². The number of methoxy groups -OCH3 is 1. The number of aryl methyl sites for hydroxylation is 1. The highest BCUT2D eigenvalue weighted by Gasteiger charge is 2.14. The van der Waals surface area contributed by atoms with Gasteiger partial charge in [-0.25, -0.2) is 0 Å².